The lowest BCUT2D eigenvalue weighted by atomic mass is 10.2. The smallest absolute Gasteiger partial charge is 0.244 e. The zero-order valence-corrected chi connectivity index (χ0v) is 19.7. The number of morpholine rings is 1. The first-order chi connectivity index (χ1) is 16.0. The predicted molar refractivity (Wildman–Crippen MR) is 129 cm³/mol. The van der Waals surface area contributed by atoms with Crippen LogP contribution in [0.5, 0.6) is 0 Å². The summed E-state index contributed by atoms with van der Waals surface area (Å²) >= 11 is 1.29. The van der Waals surface area contributed by atoms with E-state index < -0.39 is 10.0 Å². The Morgan fingerprint density at radius 1 is 0.970 bits per heavy atom. The largest absolute Gasteiger partial charge is 0.379 e. The summed E-state index contributed by atoms with van der Waals surface area (Å²) in [5.74, 6) is 0.131. The standard InChI is InChI=1S/C24H25N3O4S2/c28-24(27(21-9-5-2-6-10-21)18-20-7-3-1-4-8-20)19-32-23-12-11-22(17-25-23)33(29,30)26-13-15-31-16-14-26/h1-12,17H,13-16,18-19H2. The molecule has 3 aromatic rings. The van der Waals surface area contributed by atoms with Gasteiger partial charge in [-0.15, -0.1) is 0 Å². The van der Waals surface area contributed by atoms with Crippen molar-refractivity contribution in [3.63, 3.8) is 0 Å². The van der Waals surface area contributed by atoms with E-state index in [1.165, 1.54) is 22.3 Å². The minimum atomic E-state index is -3.59. The highest BCUT2D eigenvalue weighted by molar-refractivity contribution is 7.99. The van der Waals surface area contributed by atoms with Crippen LogP contribution >= 0.6 is 11.8 Å². The molecule has 33 heavy (non-hydrogen) atoms. The van der Waals surface area contributed by atoms with Crippen LogP contribution in [0, 0.1) is 0 Å². The second-order valence-corrected chi connectivity index (χ2v) is 10.4. The molecule has 9 heteroatoms. The van der Waals surface area contributed by atoms with E-state index in [1.54, 1.807) is 17.0 Å². The zero-order valence-electron chi connectivity index (χ0n) is 18.0. The van der Waals surface area contributed by atoms with Crippen molar-refractivity contribution in [3.05, 3.63) is 84.6 Å². The van der Waals surface area contributed by atoms with Crippen LogP contribution < -0.4 is 4.90 Å². The molecule has 0 spiro atoms. The average molecular weight is 484 g/mol. The molecule has 1 aromatic heterocycles. The van der Waals surface area contributed by atoms with Crippen molar-refractivity contribution in [1.29, 1.82) is 0 Å². The number of ether oxygens (including phenoxy) is 1. The zero-order chi connectivity index (χ0) is 23.1. The van der Waals surface area contributed by atoms with E-state index in [9.17, 15) is 13.2 Å². The van der Waals surface area contributed by atoms with Gasteiger partial charge in [0.15, 0.2) is 0 Å². The summed E-state index contributed by atoms with van der Waals surface area (Å²) in [5.41, 5.74) is 1.86. The maximum Gasteiger partial charge on any atom is 0.244 e. The molecule has 0 saturated carbocycles. The fourth-order valence-electron chi connectivity index (χ4n) is 3.45. The van der Waals surface area contributed by atoms with Gasteiger partial charge in [0.05, 0.1) is 30.5 Å². The van der Waals surface area contributed by atoms with E-state index in [0.717, 1.165) is 11.3 Å². The molecule has 0 bridgehead atoms. The average Bonchev–Trinajstić information content (AvgIpc) is 2.88. The van der Waals surface area contributed by atoms with Crippen LogP contribution in [0.4, 0.5) is 5.69 Å². The quantitative estimate of drug-likeness (QED) is 0.457. The summed E-state index contributed by atoms with van der Waals surface area (Å²) in [5, 5.41) is 0.594. The lowest BCUT2D eigenvalue weighted by Crippen LogP contribution is -2.40. The number of carbonyl (C=O) groups excluding carboxylic acids is 1. The van der Waals surface area contributed by atoms with Gasteiger partial charge < -0.3 is 9.64 Å². The number of nitrogens with zero attached hydrogens (tertiary/aromatic N) is 3. The molecule has 4 rings (SSSR count). The fourth-order valence-corrected chi connectivity index (χ4v) is 5.52. The molecule has 1 saturated heterocycles. The first-order valence-electron chi connectivity index (χ1n) is 10.6. The van der Waals surface area contributed by atoms with Crippen LogP contribution in [-0.2, 0) is 26.1 Å². The van der Waals surface area contributed by atoms with Gasteiger partial charge in [0.2, 0.25) is 15.9 Å². The number of para-hydroxylation sites is 1. The topological polar surface area (TPSA) is 79.8 Å². The molecular formula is C24H25N3O4S2. The third-order valence-corrected chi connectivity index (χ3v) is 8.02. The van der Waals surface area contributed by atoms with Crippen molar-refractivity contribution < 1.29 is 17.9 Å². The molecule has 7 nitrogen and oxygen atoms in total. The molecule has 0 atom stereocenters. The van der Waals surface area contributed by atoms with E-state index in [-0.39, 0.29) is 16.6 Å². The Bertz CT molecular complexity index is 1150. The molecular weight excluding hydrogens is 458 g/mol. The monoisotopic (exact) mass is 483 g/mol. The van der Waals surface area contributed by atoms with E-state index in [2.05, 4.69) is 4.98 Å². The number of thioether (sulfide) groups is 1. The maximum absolute atomic E-state index is 13.1. The summed E-state index contributed by atoms with van der Waals surface area (Å²) in [6.07, 6.45) is 1.36. The Hall–Kier alpha value is -2.72. The van der Waals surface area contributed by atoms with Crippen molar-refractivity contribution in [1.82, 2.24) is 9.29 Å². The Morgan fingerprint density at radius 2 is 1.64 bits per heavy atom. The van der Waals surface area contributed by atoms with E-state index in [1.807, 2.05) is 60.7 Å². The molecule has 172 valence electrons. The van der Waals surface area contributed by atoms with Crippen molar-refractivity contribution in [2.75, 3.05) is 37.0 Å². The van der Waals surface area contributed by atoms with Gasteiger partial charge in [0.1, 0.15) is 4.90 Å². The van der Waals surface area contributed by atoms with Crippen molar-refractivity contribution >= 4 is 33.4 Å². The van der Waals surface area contributed by atoms with Crippen LogP contribution in [0.3, 0.4) is 0 Å². The molecule has 1 aliphatic heterocycles. The number of sulfonamides is 1. The minimum absolute atomic E-state index is 0.0538. The number of rotatable bonds is 8. The first-order valence-corrected chi connectivity index (χ1v) is 13.0. The number of aromatic nitrogens is 1. The van der Waals surface area contributed by atoms with Gasteiger partial charge >= 0.3 is 0 Å². The van der Waals surface area contributed by atoms with Crippen LogP contribution in [0.1, 0.15) is 5.56 Å². The van der Waals surface area contributed by atoms with Crippen LogP contribution in [0.25, 0.3) is 0 Å². The number of hydrogen-bond donors (Lipinski definition) is 0. The molecule has 1 aliphatic rings. The van der Waals surface area contributed by atoms with Gasteiger partial charge in [-0.2, -0.15) is 4.31 Å². The number of amides is 1. The van der Waals surface area contributed by atoms with E-state index >= 15 is 0 Å². The third kappa shape index (κ3) is 6.00. The number of pyridine rings is 1. The SMILES string of the molecule is O=C(CSc1ccc(S(=O)(=O)N2CCOCC2)cn1)N(Cc1ccccc1)c1ccccc1. The Morgan fingerprint density at radius 3 is 2.27 bits per heavy atom. The molecule has 1 amide bonds. The van der Waals surface area contributed by atoms with Crippen LogP contribution in [0.2, 0.25) is 0 Å². The second-order valence-electron chi connectivity index (χ2n) is 7.44. The Balaban J connectivity index is 1.43. The molecule has 0 radical (unpaired) electrons. The maximum atomic E-state index is 13.1. The molecule has 0 N–H and O–H groups in total. The molecule has 1 fully saturated rings. The highest BCUT2D eigenvalue weighted by Gasteiger charge is 2.26. The molecule has 2 heterocycles. The second kappa shape index (κ2) is 10.9. The minimum Gasteiger partial charge on any atom is -0.379 e. The fraction of sp³-hybridized carbons (Fsp3) is 0.250. The summed E-state index contributed by atoms with van der Waals surface area (Å²) in [4.78, 5) is 19.3. The van der Waals surface area contributed by atoms with Gasteiger partial charge in [-0.25, -0.2) is 13.4 Å². The Labute approximate surface area is 198 Å². The molecule has 0 aliphatic carbocycles. The van der Waals surface area contributed by atoms with Crippen molar-refractivity contribution in [2.24, 2.45) is 0 Å². The number of anilines is 1. The van der Waals surface area contributed by atoms with Gasteiger partial charge in [0, 0.05) is 25.0 Å². The van der Waals surface area contributed by atoms with Gasteiger partial charge in [-0.3, -0.25) is 4.79 Å². The summed E-state index contributed by atoms with van der Waals surface area (Å²) < 4.78 is 32.1. The third-order valence-electron chi connectivity index (χ3n) is 5.21. The lowest BCUT2D eigenvalue weighted by molar-refractivity contribution is -0.116. The van der Waals surface area contributed by atoms with Gasteiger partial charge in [-0.05, 0) is 29.8 Å². The van der Waals surface area contributed by atoms with Crippen molar-refractivity contribution in [3.8, 4) is 0 Å². The number of carbonyl (C=O) groups is 1. The normalized spacial score (nSPS) is 14.7. The number of hydrogen-bond acceptors (Lipinski definition) is 6. The van der Waals surface area contributed by atoms with Gasteiger partial charge in [-0.1, -0.05) is 60.3 Å². The highest BCUT2D eigenvalue weighted by Crippen LogP contribution is 2.23. The van der Waals surface area contributed by atoms with E-state index in [0.29, 0.717) is 37.9 Å². The first kappa shape index (κ1) is 23.4. The number of benzene rings is 2. The van der Waals surface area contributed by atoms with Crippen molar-refractivity contribution in [2.45, 2.75) is 16.5 Å². The highest BCUT2D eigenvalue weighted by atomic mass is 32.2. The van der Waals surface area contributed by atoms with Gasteiger partial charge in [0.25, 0.3) is 0 Å². The Kier molecular flexibility index (Phi) is 7.77. The molecule has 0 unspecified atom stereocenters. The summed E-state index contributed by atoms with van der Waals surface area (Å²) in [7, 11) is -3.59. The van der Waals surface area contributed by atoms with E-state index in [4.69, 9.17) is 4.74 Å². The summed E-state index contributed by atoms with van der Waals surface area (Å²) in [6.45, 7) is 1.93. The lowest BCUT2D eigenvalue weighted by Gasteiger charge is -2.25. The molecule has 2 aromatic carbocycles. The van der Waals surface area contributed by atoms with Crippen LogP contribution in [0.15, 0.2) is 88.9 Å². The predicted octanol–water partition coefficient (Wildman–Crippen LogP) is 3.43. The summed E-state index contributed by atoms with van der Waals surface area (Å²) in [6, 6.07) is 22.6. The van der Waals surface area contributed by atoms with Crippen LogP contribution in [-0.4, -0.2) is 55.7 Å².